The van der Waals surface area contributed by atoms with E-state index in [-0.39, 0.29) is 19.4 Å². The van der Waals surface area contributed by atoms with E-state index >= 15 is 0 Å². The topological polar surface area (TPSA) is 95.4 Å². The maximum atomic E-state index is 13.1. The van der Waals surface area contributed by atoms with E-state index in [1.165, 1.54) is 15.0 Å². The van der Waals surface area contributed by atoms with Crippen molar-refractivity contribution in [1.29, 1.82) is 0 Å². The van der Waals surface area contributed by atoms with Gasteiger partial charge < -0.3 is 24.4 Å². The van der Waals surface area contributed by atoms with Crippen LogP contribution in [0, 0.1) is 0 Å². The van der Waals surface area contributed by atoms with Crippen molar-refractivity contribution in [1.82, 2.24) is 9.27 Å². The molecule has 1 saturated heterocycles. The maximum Gasteiger partial charge on any atom is 0.369 e. The second kappa shape index (κ2) is 19.1. The lowest BCUT2D eigenvalue weighted by Crippen LogP contribution is -2.49. The summed E-state index contributed by atoms with van der Waals surface area (Å²) in [5.74, 6) is -0.173. The average molecular weight is 721 g/mol. The largest absolute Gasteiger partial charge is 0.462 e. The Balaban J connectivity index is 1.14. The Morgan fingerprint density at radius 3 is 2.54 bits per heavy atom. The number of unbranched alkanes of at least 4 members (excludes halogenated alkanes) is 1. The van der Waals surface area contributed by atoms with Gasteiger partial charge in [0.2, 0.25) is 0 Å². The molecule has 1 N–H and O–H groups in total. The third kappa shape index (κ3) is 9.96. The number of halogens is 1. The third-order valence-electron chi connectivity index (χ3n) is 8.99. The summed E-state index contributed by atoms with van der Waals surface area (Å²) in [6.07, 6.45) is 15.5. The van der Waals surface area contributed by atoms with Crippen molar-refractivity contribution in [3.05, 3.63) is 89.0 Å². The molecule has 1 aromatic heterocycles. The standard InChI is InChI=1S/C39H49ClN4O5S/c1-3-5-6-7-8-9-10-11-12-13-14-19-36(46)49-38(39(47)48-4-2)44-33-28-32(40)29(26-30(33)27-35(44)45)20-21-42-22-24-43(25-23-42)37-31-17-15-16-18-34(31)50-41-37/h5-6,8-9,11-12,15-18,26,28,35,38,45H,3-4,7,10,13-14,19-25,27H2,1-2H3/b6-5-,9-8-,12-11-. The van der Waals surface area contributed by atoms with Crippen molar-refractivity contribution in [2.75, 3.05) is 49.1 Å². The van der Waals surface area contributed by atoms with Gasteiger partial charge in [0.1, 0.15) is 12.0 Å². The molecule has 50 heavy (non-hydrogen) atoms. The van der Waals surface area contributed by atoms with Crippen molar-refractivity contribution >= 4 is 56.7 Å². The number of allylic oxidation sites excluding steroid dienone is 6. The lowest BCUT2D eigenvalue weighted by Gasteiger charge is -2.35. The number of ether oxygens (including phenoxy) is 2. The fraction of sp³-hybridized carbons (Fsp3) is 0.462. The molecule has 2 aromatic carbocycles. The molecule has 9 nitrogen and oxygen atoms in total. The van der Waals surface area contributed by atoms with Gasteiger partial charge in [0.15, 0.2) is 0 Å². The average Bonchev–Trinajstić information content (AvgIpc) is 3.69. The first-order valence-electron chi connectivity index (χ1n) is 17.8. The van der Waals surface area contributed by atoms with Crippen LogP contribution in [-0.2, 0) is 31.9 Å². The van der Waals surface area contributed by atoms with Crippen molar-refractivity contribution in [2.24, 2.45) is 0 Å². The molecule has 0 bridgehead atoms. The molecular weight excluding hydrogens is 672 g/mol. The Labute approximate surface area is 305 Å². The van der Waals surface area contributed by atoms with Crippen molar-refractivity contribution in [2.45, 2.75) is 77.7 Å². The summed E-state index contributed by atoms with van der Waals surface area (Å²) < 4.78 is 16.9. The fourth-order valence-electron chi connectivity index (χ4n) is 6.36. The van der Waals surface area contributed by atoms with Crippen LogP contribution in [0.15, 0.2) is 72.9 Å². The first-order valence-corrected chi connectivity index (χ1v) is 18.9. The van der Waals surface area contributed by atoms with Crippen LogP contribution in [0.25, 0.3) is 10.1 Å². The zero-order chi connectivity index (χ0) is 35.3. The lowest BCUT2D eigenvalue weighted by molar-refractivity contribution is -0.169. The lowest BCUT2D eigenvalue weighted by atomic mass is 10.0. The molecule has 0 radical (unpaired) electrons. The maximum absolute atomic E-state index is 13.1. The van der Waals surface area contributed by atoms with Crippen molar-refractivity contribution in [3.63, 3.8) is 0 Å². The van der Waals surface area contributed by atoms with E-state index in [9.17, 15) is 14.7 Å². The van der Waals surface area contributed by atoms with Gasteiger partial charge in [-0.15, -0.1) is 0 Å². The van der Waals surface area contributed by atoms with E-state index in [4.69, 9.17) is 25.4 Å². The monoisotopic (exact) mass is 720 g/mol. The van der Waals surface area contributed by atoms with Crippen LogP contribution >= 0.6 is 23.1 Å². The van der Waals surface area contributed by atoms with Crippen LogP contribution in [0.4, 0.5) is 11.5 Å². The summed E-state index contributed by atoms with van der Waals surface area (Å²) in [5, 5.41) is 12.9. The fourth-order valence-corrected chi connectivity index (χ4v) is 7.41. The van der Waals surface area contributed by atoms with Gasteiger partial charge in [0.25, 0.3) is 6.23 Å². The normalized spacial score (nSPS) is 17.4. The molecule has 5 rings (SSSR count). The number of rotatable bonds is 17. The molecule has 0 spiro atoms. The summed E-state index contributed by atoms with van der Waals surface area (Å²) in [5.41, 5.74) is 2.40. The molecule has 268 valence electrons. The number of aliphatic hydroxyl groups is 1. The number of piperazine rings is 1. The van der Waals surface area contributed by atoms with Crippen LogP contribution in [0.3, 0.4) is 0 Å². The number of aromatic nitrogens is 1. The summed E-state index contributed by atoms with van der Waals surface area (Å²) in [6, 6.07) is 12.1. The number of nitrogens with zero attached hydrogens (tertiary/aromatic N) is 4. The quantitative estimate of drug-likeness (QED) is 0.0867. The Morgan fingerprint density at radius 1 is 1.04 bits per heavy atom. The molecule has 2 aliphatic heterocycles. The highest BCUT2D eigenvalue weighted by Crippen LogP contribution is 2.38. The number of anilines is 2. The van der Waals surface area contributed by atoms with E-state index in [1.807, 2.05) is 12.1 Å². The zero-order valence-corrected chi connectivity index (χ0v) is 30.7. The Morgan fingerprint density at radius 2 is 1.78 bits per heavy atom. The van der Waals surface area contributed by atoms with Crippen LogP contribution in [0.2, 0.25) is 5.02 Å². The molecule has 0 saturated carbocycles. The Kier molecular flexibility index (Phi) is 14.3. The van der Waals surface area contributed by atoms with Gasteiger partial charge in [-0.1, -0.05) is 73.2 Å². The first kappa shape index (κ1) is 37.6. The van der Waals surface area contributed by atoms with Gasteiger partial charge in [-0.05, 0) is 86.3 Å². The van der Waals surface area contributed by atoms with Gasteiger partial charge in [0, 0.05) is 61.7 Å². The molecule has 2 unspecified atom stereocenters. The van der Waals surface area contributed by atoms with Gasteiger partial charge in [-0.25, -0.2) is 4.79 Å². The predicted octanol–water partition coefficient (Wildman–Crippen LogP) is 7.46. The van der Waals surface area contributed by atoms with Crippen molar-refractivity contribution < 1.29 is 24.2 Å². The number of esters is 2. The summed E-state index contributed by atoms with van der Waals surface area (Å²) in [6.45, 7) is 8.45. The van der Waals surface area contributed by atoms with E-state index < -0.39 is 24.4 Å². The molecule has 3 aromatic rings. The van der Waals surface area contributed by atoms with Gasteiger partial charge in [0.05, 0.1) is 11.3 Å². The SMILES string of the molecule is CC/C=C\C/C=C\C/C=C\CCCC(=O)OC(C(=O)OCC)N1c2cc(Cl)c(CCN3CCN(c4nsc5ccccc45)CC3)cc2CC1O. The number of benzene rings is 2. The number of fused-ring (bicyclic) bond motifs is 2. The van der Waals surface area contributed by atoms with E-state index in [0.29, 0.717) is 17.1 Å². The molecule has 3 heterocycles. The summed E-state index contributed by atoms with van der Waals surface area (Å²) in [7, 11) is 0. The van der Waals surface area contributed by atoms with E-state index in [0.717, 1.165) is 81.8 Å². The number of hydrogen-bond acceptors (Lipinski definition) is 10. The minimum Gasteiger partial charge on any atom is -0.462 e. The molecular formula is C39H49ClN4O5S. The number of hydrogen-bond donors (Lipinski definition) is 1. The molecule has 11 heteroatoms. The predicted molar refractivity (Wildman–Crippen MR) is 203 cm³/mol. The van der Waals surface area contributed by atoms with Crippen LogP contribution < -0.4 is 9.80 Å². The van der Waals surface area contributed by atoms with E-state index in [1.54, 1.807) is 24.5 Å². The first-order chi connectivity index (χ1) is 24.4. The van der Waals surface area contributed by atoms with Gasteiger partial charge in [-0.3, -0.25) is 9.69 Å². The van der Waals surface area contributed by atoms with Crippen LogP contribution in [-0.4, -0.2) is 78.1 Å². The molecule has 0 aliphatic carbocycles. The molecule has 2 aliphatic rings. The smallest absolute Gasteiger partial charge is 0.369 e. The second-order valence-corrected chi connectivity index (χ2v) is 13.7. The molecule has 1 fully saturated rings. The zero-order valence-electron chi connectivity index (χ0n) is 29.1. The van der Waals surface area contributed by atoms with Gasteiger partial charge >= 0.3 is 11.9 Å². The highest BCUT2D eigenvalue weighted by Gasteiger charge is 2.41. The highest BCUT2D eigenvalue weighted by atomic mass is 35.5. The van der Waals surface area contributed by atoms with Crippen molar-refractivity contribution in [3.8, 4) is 0 Å². The Hall–Kier alpha value is -3.70. The number of carbonyl (C=O) groups excluding carboxylic acids is 2. The Bertz CT molecular complexity index is 1670. The van der Waals surface area contributed by atoms with Crippen LogP contribution in [0.1, 0.15) is 63.5 Å². The van der Waals surface area contributed by atoms with Crippen LogP contribution in [0.5, 0.6) is 0 Å². The van der Waals surface area contributed by atoms with Gasteiger partial charge in [-0.2, -0.15) is 4.37 Å². The van der Waals surface area contributed by atoms with E-state index in [2.05, 4.69) is 71.4 Å². The highest BCUT2D eigenvalue weighted by molar-refractivity contribution is 7.13. The number of carbonyl (C=O) groups is 2. The minimum atomic E-state index is -1.41. The summed E-state index contributed by atoms with van der Waals surface area (Å²) >= 11 is 8.36. The second-order valence-electron chi connectivity index (χ2n) is 12.5. The summed E-state index contributed by atoms with van der Waals surface area (Å²) in [4.78, 5) is 32.2. The minimum absolute atomic E-state index is 0.117. The number of aliphatic hydroxyl groups excluding tert-OH is 1. The molecule has 2 atom stereocenters. The molecule has 0 amide bonds. The third-order valence-corrected chi connectivity index (χ3v) is 10.2.